The SMILES string of the molecule is COc1cc(CN(C)CC(=O)N[C@@H]2CCCC[C@@H]2C)ccc1OC(F)F. The summed E-state index contributed by atoms with van der Waals surface area (Å²) in [7, 11) is 3.25. The Kier molecular flexibility index (Phi) is 7.63. The van der Waals surface area contributed by atoms with E-state index in [2.05, 4.69) is 17.0 Å². The predicted octanol–water partition coefficient (Wildman–Crippen LogP) is 3.42. The van der Waals surface area contributed by atoms with E-state index < -0.39 is 6.61 Å². The molecule has 146 valence electrons. The van der Waals surface area contributed by atoms with E-state index in [-0.39, 0.29) is 30.0 Å². The molecule has 1 aliphatic carbocycles. The molecule has 1 amide bonds. The molecule has 0 aliphatic heterocycles. The lowest BCUT2D eigenvalue weighted by Gasteiger charge is -2.30. The van der Waals surface area contributed by atoms with Crippen LogP contribution in [0.25, 0.3) is 0 Å². The minimum absolute atomic E-state index is 0.00191. The van der Waals surface area contributed by atoms with Crippen LogP contribution in [0.3, 0.4) is 0 Å². The van der Waals surface area contributed by atoms with Gasteiger partial charge in [0.2, 0.25) is 5.91 Å². The zero-order valence-electron chi connectivity index (χ0n) is 15.6. The summed E-state index contributed by atoms with van der Waals surface area (Å²) in [5.41, 5.74) is 0.852. The number of rotatable bonds is 8. The Morgan fingerprint density at radius 3 is 2.69 bits per heavy atom. The summed E-state index contributed by atoms with van der Waals surface area (Å²) in [4.78, 5) is 14.2. The van der Waals surface area contributed by atoms with Gasteiger partial charge in [0.1, 0.15) is 0 Å². The van der Waals surface area contributed by atoms with Crippen LogP contribution in [-0.2, 0) is 11.3 Å². The molecule has 2 atom stereocenters. The van der Waals surface area contributed by atoms with E-state index in [4.69, 9.17) is 4.74 Å². The largest absolute Gasteiger partial charge is 0.493 e. The number of likely N-dealkylation sites (N-methyl/N-ethyl adjacent to an activating group) is 1. The number of ether oxygens (including phenoxy) is 2. The first-order valence-corrected chi connectivity index (χ1v) is 8.98. The number of amides is 1. The van der Waals surface area contributed by atoms with Gasteiger partial charge in [0, 0.05) is 12.6 Å². The Morgan fingerprint density at radius 2 is 2.04 bits per heavy atom. The standard InChI is InChI=1S/C19H28F2N2O3/c1-13-6-4-5-7-15(13)22-18(24)12-23(2)11-14-8-9-16(26-19(20)21)17(10-14)25-3/h8-10,13,15,19H,4-7,11-12H2,1-3H3,(H,22,24)/t13-,15+/m0/s1. The van der Waals surface area contributed by atoms with Crippen LogP contribution in [0.2, 0.25) is 0 Å². The Morgan fingerprint density at radius 1 is 1.31 bits per heavy atom. The van der Waals surface area contributed by atoms with Gasteiger partial charge in [-0.3, -0.25) is 9.69 Å². The summed E-state index contributed by atoms with van der Waals surface area (Å²) < 4.78 is 34.3. The van der Waals surface area contributed by atoms with Crippen molar-refractivity contribution in [2.24, 2.45) is 5.92 Å². The summed E-state index contributed by atoms with van der Waals surface area (Å²) in [6, 6.07) is 5.06. The number of hydrogen-bond donors (Lipinski definition) is 1. The van der Waals surface area contributed by atoms with E-state index in [9.17, 15) is 13.6 Å². The molecule has 0 aromatic heterocycles. The van der Waals surface area contributed by atoms with Crippen molar-refractivity contribution in [3.63, 3.8) is 0 Å². The second kappa shape index (κ2) is 9.71. The first-order chi connectivity index (χ1) is 12.4. The van der Waals surface area contributed by atoms with Gasteiger partial charge in [0.05, 0.1) is 13.7 Å². The number of carbonyl (C=O) groups excluding carboxylic acids is 1. The molecule has 0 unspecified atom stereocenters. The second-order valence-corrected chi connectivity index (χ2v) is 6.97. The van der Waals surface area contributed by atoms with Gasteiger partial charge in [-0.15, -0.1) is 0 Å². The van der Waals surface area contributed by atoms with E-state index in [1.54, 1.807) is 12.1 Å². The molecule has 2 rings (SSSR count). The van der Waals surface area contributed by atoms with Gasteiger partial charge in [-0.05, 0) is 43.5 Å². The van der Waals surface area contributed by atoms with Gasteiger partial charge < -0.3 is 14.8 Å². The number of hydrogen-bond acceptors (Lipinski definition) is 4. The van der Waals surface area contributed by atoms with Gasteiger partial charge in [0.15, 0.2) is 11.5 Å². The number of alkyl halides is 2. The van der Waals surface area contributed by atoms with Crippen LogP contribution in [-0.4, -0.2) is 44.2 Å². The molecule has 0 saturated heterocycles. The third kappa shape index (κ3) is 6.12. The zero-order chi connectivity index (χ0) is 19.1. The average Bonchev–Trinajstić information content (AvgIpc) is 2.57. The van der Waals surface area contributed by atoms with Gasteiger partial charge in [0.25, 0.3) is 0 Å². The maximum Gasteiger partial charge on any atom is 0.387 e. The molecule has 1 saturated carbocycles. The van der Waals surface area contributed by atoms with Crippen LogP contribution in [0.4, 0.5) is 8.78 Å². The topological polar surface area (TPSA) is 50.8 Å². The third-order valence-corrected chi connectivity index (χ3v) is 4.77. The quantitative estimate of drug-likeness (QED) is 0.762. The molecule has 1 aliphatic rings. The molecule has 7 heteroatoms. The lowest BCUT2D eigenvalue weighted by molar-refractivity contribution is -0.123. The Hall–Kier alpha value is -1.89. The molecule has 1 fully saturated rings. The average molecular weight is 370 g/mol. The highest BCUT2D eigenvalue weighted by molar-refractivity contribution is 5.78. The number of halogens is 2. The smallest absolute Gasteiger partial charge is 0.387 e. The van der Waals surface area contributed by atoms with Crippen LogP contribution in [0.5, 0.6) is 11.5 Å². The van der Waals surface area contributed by atoms with E-state index in [0.717, 1.165) is 24.8 Å². The van der Waals surface area contributed by atoms with Crippen LogP contribution in [0.1, 0.15) is 38.2 Å². The lowest BCUT2D eigenvalue weighted by atomic mass is 9.86. The number of nitrogens with one attached hydrogen (secondary N) is 1. The number of methoxy groups -OCH3 is 1. The molecule has 1 aromatic rings. The maximum absolute atomic E-state index is 12.4. The molecule has 26 heavy (non-hydrogen) atoms. The second-order valence-electron chi connectivity index (χ2n) is 6.97. The molecular formula is C19H28F2N2O3. The van der Waals surface area contributed by atoms with Gasteiger partial charge in [-0.25, -0.2) is 0 Å². The molecule has 1 aromatic carbocycles. The van der Waals surface area contributed by atoms with Crippen LogP contribution in [0, 0.1) is 5.92 Å². The molecule has 0 bridgehead atoms. The van der Waals surface area contributed by atoms with Crippen LogP contribution < -0.4 is 14.8 Å². The third-order valence-electron chi connectivity index (χ3n) is 4.77. The van der Waals surface area contributed by atoms with Crippen molar-refractivity contribution in [3.8, 4) is 11.5 Å². The summed E-state index contributed by atoms with van der Waals surface area (Å²) in [5, 5.41) is 3.13. The fourth-order valence-electron chi connectivity index (χ4n) is 3.40. The van der Waals surface area contributed by atoms with Crippen LogP contribution in [0.15, 0.2) is 18.2 Å². The summed E-state index contributed by atoms with van der Waals surface area (Å²) in [6.45, 7) is 0.0615. The summed E-state index contributed by atoms with van der Waals surface area (Å²) in [5.74, 6) is 0.773. The fraction of sp³-hybridized carbons (Fsp3) is 0.632. The molecule has 1 N–H and O–H groups in total. The Labute approximate surface area is 153 Å². The van der Waals surface area contributed by atoms with Crippen LogP contribution >= 0.6 is 0 Å². The van der Waals surface area contributed by atoms with E-state index in [0.29, 0.717) is 12.5 Å². The summed E-state index contributed by atoms with van der Waals surface area (Å²) in [6.07, 6.45) is 4.60. The summed E-state index contributed by atoms with van der Waals surface area (Å²) >= 11 is 0. The van der Waals surface area contributed by atoms with Gasteiger partial charge in [-0.1, -0.05) is 25.8 Å². The highest BCUT2D eigenvalue weighted by Gasteiger charge is 2.23. The van der Waals surface area contributed by atoms with Crippen molar-refractivity contribution >= 4 is 5.91 Å². The normalized spacial score (nSPS) is 20.3. The first-order valence-electron chi connectivity index (χ1n) is 8.98. The van der Waals surface area contributed by atoms with Crippen molar-refractivity contribution in [2.45, 2.75) is 51.8 Å². The molecule has 5 nitrogen and oxygen atoms in total. The molecule has 0 heterocycles. The monoisotopic (exact) mass is 370 g/mol. The zero-order valence-corrected chi connectivity index (χ0v) is 15.6. The fourth-order valence-corrected chi connectivity index (χ4v) is 3.40. The van der Waals surface area contributed by atoms with E-state index >= 15 is 0 Å². The Balaban J connectivity index is 1.88. The first kappa shape index (κ1) is 20.4. The van der Waals surface area contributed by atoms with E-state index in [1.807, 2.05) is 11.9 Å². The van der Waals surface area contributed by atoms with Crippen molar-refractivity contribution in [1.82, 2.24) is 10.2 Å². The highest BCUT2D eigenvalue weighted by Crippen LogP contribution is 2.29. The number of benzene rings is 1. The highest BCUT2D eigenvalue weighted by atomic mass is 19.3. The van der Waals surface area contributed by atoms with Gasteiger partial charge in [-0.2, -0.15) is 8.78 Å². The molecule has 0 spiro atoms. The predicted molar refractivity (Wildman–Crippen MR) is 95.5 cm³/mol. The Bertz CT molecular complexity index is 598. The number of nitrogens with zero attached hydrogens (tertiary/aromatic N) is 1. The molecule has 0 radical (unpaired) electrons. The minimum atomic E-state index is -2.90. The minimum Gasteiger partial charge on any atom is -0.493 e. The van der Waals surface area contributed by atoms with Crippen molar-refractivity contribution < 1.29 is 23.0 Å². The van der Waals surface area contributed by atoms with E-state index in [1.165, 1.54) is 19.6 Å². The van der Waals surface area contributed by atoms with Gasteiger partial charge >= 0.3 is 6.61 Å². The van der Waals surface area contributed by atoms with Crippen molar-refractivity contribution in [2.75, 3.05) is 20.7 Å². The molecular weight excluding hydrogens is 342 g/mol. The van der Waals surface area contributed by atoms with Crippen molar-refractivity contribution in [1.29, 1.82) is 0 Å². The number of carbonyl (C=O) groups is 1. The van der Waals surface area contributed by atoms with Crippen molar-refractivity contribution in [3.05, 3.63) is 23.8 Å². The maximum atomic E-state index is 12.4. The lowest BCUT2D eigenvalue weighted by Crippen LogP contribution is -2.44.